The third-order valence-electron chi connectivity index (χ3n) is 5.76. The molecule has 0 aromatic heterocycles. The van der Waals surface area contributed by atoms with Gasteiger partial charge in [0, 0.05) is 0 Å². The zero-order chi connectivity index (χ0) is 19.6. The number of imide groups is 2. The largest absolute Gasteiger partial charge is 0.457 e. The topological polar surface area (TPSA) is 92.8 Å². The minimum Gasteiger partial charge on any atom is -0.457 e. The van der Waals surface area contributed by atoms with Crippen LogP contribution in [0.4, 0.5) is 5.69 Å². The van der Waals surface area contributed by atoms with E-state index in [1.54, 1.807) is 24.3 Å². The maximum Gasteiger partial charge on any atom is 0.238 e. The maximum absolute atomic E-state index is 12.8. The normalized spacial score (nSPS) is 28.0. The molecule has 5 rings (SSSR count). The van der Waals surface area contributed by atoms with Gasteiger partial charge in [0.15, 0.2) is 0 Å². The number of amides is 4. The fourth-order valence-electron chi connectivity index (χ4n) is 4.37. The first-order valence-electron chi connectivity index (χ1n) is 9.03. The van der Waals surface area contributed by atoms with Crippen molar-refractivity contribution in [2.75, 3.05) is 4.90 Å². The average Bonchev–Trinajstić information content (AvgIpc) is 2.99. The minimum atomic E-state index is -0.743. The highest BCUT2D eigenvalue weighted by molar-refractivity contribution is 6.27. The first-order valence-corrected chi connectivity index (χ1v) is 9.03. The van der Waals surface area contributed by atoms with Crippen molar-refractivity contribution in [2.45, 2.75) is 6.92 Å². The lowest BCUT2D eigenvalue weighted by Crippen LogP contribution is -2.50. The van der Waals surface area contributed by atoms with E-state index in [0.29, 0.717) is 17.2 Å². The smallest absolute Gasteiger partial charge is 0.238 e. The summed E-state index contributed by atoms with van der Waals surface area (Å²) in [7, 11) is 0. The Balaban J connectivity index is 1.37. The molecule has 2 heterocycles. The quantitative estimate of drug-likeness (QED) is 0.825. The molecule has 2 saturated heterocycles. The number of fused-ring (bicyclic) bond motifs is 4. The first-order chi connectivity index (χ1) is 13.5. The zero-order valence-corrected chi connectivity index (χ0v) is 14.9. The predicted octanol–water partition coefficient (Wildman–Crippen LogP) is 1.80. The number of carbonyl (C=O) groups excluding carboxylic acids is 4. The van der Waals surface area contributed by atoms with Gasteiger partial charge in [-0.1, -0.05) is 17.7 Å². The summed E-state index contributed by atoms with van der Waals surface area (Å²) in [5.41, 5.74) is 1.53. The molecule has 0 bridgehead atoms. The van der Waals surface area contributed by atoms with Gasteiger partial charge in [0.1, 0.15) is 11.5 Å². The van der Waals surface area contributed by atoms with Crippen molar-refractivity contribution in [3.63, 3.8) is 0 Å². The minimum absolute atomic E-state index is 0.409. The van der Waals surface area contributed by atoms with Crippen LogP contribution in [0.3, 0.4) is 0 Å². The molecule has 7 heteroatoms. The first kappa shape index (κ1) is 16.7. The number of carbonyl (C=O) groups is 4. The summed E-state index contributed by atoms with van der Waals surface area (Å²) in [6.07, 6.45) is 0. The number of ether oxygens (including phenoxy) is 1. The summed E-state index contributed by atoms with van der Waals surface area (Å²) in [5.74, 6) is -3.43. The van der Waals surface area contributed by atoms with Gasteiger partial charge in [-0.15, -0.1) is 0 Å². The zero-order valence-electron chi connectivity index (χ0n) is 14.9. The van der Waals surface area contributed by atoms with Crippen molar-refractivity contribution >= 4 is 29.3 Å². The van der Waals surface area contributed by atoms with Gasteiger partial charge in [0.25, 0.3) is 0 Å². The van der Waals surface area contributed by atoms with Crippen molar-refractivity contribution in [2.24, 2.45) is 23.7 Å². The molecule has 4 unspecified atom stereocenters. The second-order valence-electron chi connectivity index (χ2n) is 7.38. The van der Waals surface area contributed by atoms with E-state index < -0.39 is 47.3 Å². The number of benzene rings is 2. The number of aryl methyl sites for hydroxylation is 1. The molecule has 0 spiro atoms. The van der Waals surface area contributed by atoms with Crippen molar-refractivity contribution in [3.8, 4) is 11.5 Å². The van der Waals surface area contributed by atoms with E-state index in [4.69, 9.17) is 4.74 Å². The van der Waals surface area contributed by atoms with Gasteiger partial charge in [0.05, 0.1) is 29.4 Å². The molecule has 1 N–H and O–H groups in total. The number of anilines is 1. The molecule has 2 aliphatic heterocycles. The fraction of sp³-hybridized carbons (Fsp3) is 0.238. The van der Waals surface area contributed by atoms with E-state index in [1.165, 1.54) is 0 Å². The Morgan fingerprint density at radius 3 is 1.68 bits per heavy atom. The van der Waals surface area contributed by atoms with Crippen LogP contribution >= 0.6 is 0 Å². The number of nitrogens with zero attached hydrogens (tertiary/aromatic N) is 1. The number of rotatable bonds is 3. The second kappa shape index (κ2) is 5.76. The van der Waals surface area contributed by atoms with Gasteiger partial charge in [-0.25, -0.2) is 0 Å². The molecule has 28 heavy (non-hydrogen) atoms. The van der Waals surface area contributed by atoms with Crippen LogP contribution in [0.5, 0.6) is 11.5 Å². The molecular formula is C21H16N2O5. The Morgan fingerprint density at radius 1 is 0.714 bits per heavy atom. The second-order valence-corrected chi connectivity index (χ2v) is 7.38. The van der Waals surface area contributed by atoms with Gasteiger partial charge < -0.3 is 4.74 Å². The van der Waals surface area contributed by atoms with Crippen molar-refractivity contribution in [1.82, 2.24) is 5.32 Å². The van der Waals surface area contributed by atoms with Gasteiger partial charge >= 0.3 is 0 Å². The molecule has 1 aliphatic carbocycles. The van der Waals surface area contributed by atoms with Crippen LogP contribution in [0.2, 0.25) is 0 Å². The van der Waals surface area contributed by atoms with Gasteiger partial charge in [-0.05, 0) is 43.3 Å². The Bertz CT molecular complexity index is 990. The fourth-order valence-corrected chi connectivity index (χ4v) is 4.37. The third kappa shape index (κ3) is 2.22. The molecular weight excluding hydrogens is 360 g/mol. The molecule has 0 radical (unpaired) electrons. The third-order valence-corrected chi connectivity index (χ3v) is 5.76. The van der Waals surface area contributed by atoms with Gasteiger partial charge in [-0.3, -0.25) is 29.4 Å². The molecule has 7 nitrogen and oxygen atoms in total. The number of hydrogen-bond acceptors (Lipinski definition) is 5. The Morgan fingerprint density at radius 2 is 1.18 bits per heavy atom. The molecule has 3 fully saturated rings. The predicted molar refractivity (Wildman–Crippen MR) is 97.3 cm³/mol. The SMILES string of the molecule is Cc1ccc(Oc2ccc(N3C(=O)C4C5C(=O)NC(=O)C5C4C3=O)cc2)cc1. The Kier molecular flexibility index (Phi) is 3.43. The lowest BCUT2D eigenvalue weighted by molar-refractivity contribution is -0.146. The molecule has 4 amide bonds. The van der Waals surface area contributed by atoms with Crippen molar-refractivity contribution in [3.05, 3.63) is 54.1 Å². The van der Waals surface area contributed by atoms with E-state index in [-0.39, 0.29) is 0 Å². The lowest BCUT2D eigenvalue weighted by atomic mass is 9.59. The van der Waals surface area contributed by atoms with Crippen molar-refractivity contribution < 1.29 is 23.9 Å². The van der Waals surface area contributed by atoms with E-state index in [2.05, 4.69) is 5.32 Å². The molecule has 3 aliphatic rings. The Labute approximate surface area is 160 Å². The van der Waals surface area contributed by atoms with Crippen LogP contribution in [0.1, 0.15) is 5.56 Å². The molecule has 4 atom stereocenters. The highest BCUT2D eigenvalue weighted by atomic mass is 16.5. The van der Waals surface area contributed by atoms with Crippen LogP contribution in [0, 0.1) is 30.6 Å². The van der Waals surface area contributed by atoms with Gasteiger partial charge in [-0.2, -0.15) is 0 Å². The van der Waals surface area contributed by atoms with Crippen molar-refractivity contribution in [1.29, 1.82) is 0 Å². The summed E-state index contributed by atoms with van der Waals surface area (Å²) >= 11 is 0. The molecule has 2 aromatic rings. The molecule has 1 saturated carbocycles. The van der Waals surface area contributed by atoms with E-state index in [0.717, 1.165) is 10.5 Å². The summed E-state index contributed by atoms with van der Waals surface area (Å²) in [6.45, 7) is 1.99. The van der Waals surface area contributed by atoms with Crippen LogP contribution in [-0.2, 0) is 19.2 Å². The van der Waals surface area contributed by atoms with Crippen LogP contribution < -0.4 is 15.0 Å². The maximum atomic E-state index is 12.8. The van der Waals surface area contributed by atoms with Crippen LogP contribution in [0.15, 0.2) is 48.5 Å². The van der Waals surface area contributed by atoms with Gasteiger partial charge in [0.2, 0.25) is 23.6 Å². The number of hydrogen-bond donors (Lipinski definition) is 1. The van der Waals surface area contributed by atoms with E-state index in [1.807, 2.05) is 31.2 Å². The summed E-state index contributed by atoms with van der Waals surface area (Å²) in [4.78, 5) is 50.4. The summed E-state index contributed by atoms with van der Waals surface area (Å²) < 4.78 is 5.76. The number of nitrogens with one attached hydrogen (secondary N) is 1. The van der Waals surface area contributed by atoms with Crippen LogP contribution in [0.25, 0.3) is 0 Å². The lowest BCUT2D eigenvalue weighted by Gasteiger charge is -2.36. The summed E-state index contributed by atoms with van der Waals surface area (Å²) in [5, 5.41) is 2.22. The van der Waals surface area contributed by atoms with E-state index >= 15 is 0 Å². The molecule has 140 valence electrons. The average molecular weight is 376 g/mol. The standard InChI is InChI=1S/C21H16N2O5/c1-10-2-6-12(7-3-10)28-13-8-4-11(5-9-13)23-20(26)16-14-15(17(16)21(23)27)19(25)22-18(14)24/h2-9,14-17H,1H3,(H,22,24,25). The van der Waals surface area contributed by atoms with Crippen LogP contribution in [-0.4, -0.2) is 23.6 Å². The highest BCUT2D eigenvalue weighted by Crippen LogP contribution is 2.55. The molecule has 2 aromatic carbocycles. The van der Waals surface area contributed by atoms with E-state index in [9.17, 15) is 19.2 Å². The monoisotopic (exact) mass is 376 g/mol. The Hall–Kier alpha value is -3.48. The highest BCUT2D eigenvalue weighted by Gasteiger charge is 2.71. The summed E-state index contributed by atoms with van der Waals surface area (Å²) in [6, 6.07) is 14.2.